The molecule has 0 amide bonds. The Kier molecular flexibility index (Phi) is 8.26. The van der Waals surface area contributed by atoms with Gasteiger partial charge < -0.3 is 14.8 Å². The predicted molar refractivity (Wildman–Crippen MR) is 79.8 cm³/mol. The van der Waals surface area contributed by atoms with Crippen LogP contribution in [0.1, 0.15) is 44.8 Å². The highest BCUT2D eigenvalue weighted by atomic mass is 16.5. The maximum Gasteiger partial charge on any atom is 0.119 e. The molecule has 0 saturated carbocycles. The van der Waals surface area contributed by atoms with Crippen molar-refractivity contribution in [1.82, 2.24) is 5.32 Å². The molecule has 1 unspecified atom stereocenters. The van der Waals surface area contributed by atoms with Gasteiger partial charge in [-0.15, -0.1) is 0 Å². The normalized spacial score (nSPS) is 12.4. The molecule has 1 rings (SSSR count). The van der Waals surface area contributed by atoms with Crippen LogP contribution >= 0.6 is 0 Å². The molecule has 0 aromatic heterocycles. The molecule has 1 aromatic rings. The van der Waals surface area contributed by atoms with Gasteiger partial charge in [0.05, 0.1) is 13.2 Å². The van der Waals surface area contributed by atoms with Crippen molar-refractivity contribution in [2.24, 2.45) is 0 Å². The van der Waals surface area contributed by atoms with Crippen molar-refractivity contribution in [2.75, 3.05) is 26.8 Å². The van der Waals surface area contributed by atoms with Crippen LogP contribution in [0.15, 0.2) is 24.3 Å². The number of unbranched alkanes of at least 4 members (excludes halogenated alkanes) is 1. The van der Waals surface area contributed by atoms with Crippen molar-refractivity contribution in [3.63, 3.8) is 0 Å². The Hall–Kier alpha value is -1.06. The third-order valence-electron chi connectivity index (χ3n) is 3.04. The topological polar surface area (TPSA) is 30.5 Å². The summed E-state index contributed by atoms with van der Waals surface area (Å²) in [6.07, 6.45) is 3.51. The van der Waals surface area contributed by atoms with Gasteiger partial charge in [0.25, 0.3) is 0 Å². The zero-order chi connectivity index (χ0) is 13.9. The second-order valence-corrected chi connectivity index (χ2v) is 4.69. The molecule has 3 nitrogen and oxygen atoms in total. The summed E-state index contributed by atoms with van der Waals surface area (Å²) >= 11 is 0. The van der Waals surface area contributed by atoms with E-state index in [9.17, 15) is 0 Å². The molecule has 0 aliphatic heterocycles. The van der Waals surface area contributed by atoms with E-state index in [4.69, 9.17) is 9.47 Å². The van der Waals surface area contributed by atoms with Gasteiger partial charge in [-0.1, -0.05) is 32.4 Å². The third-order valence-corrected chi connectivity index (χ3v) is 3.04. The third kappa shape index (κ3) is 6.08. The fraction of sp³-hybridized carbons (Fsp3) is 0.625. The Balaban J connectivity index is 2.63. The first-order valence-electron chi connectivity index (χ1n) is 7.28. The van der Waals surface area contributed by atoms with Crippen molar-refractivity contribution in [1.29, 1.82) is 0 Å². The zero-order valence-electron chi connectivity index (χ0n) is 12.4. The minimum absolute atomic E-state index is 0.105. The number of nitrogens with one attached hydrogen (secondary N) is 1. The lowest BCUT2D eigenvalue weighted by atomic mass is 10.1. The molecule has 1 atom stereocenters. The standard InChI is InChI=1S/C16H27NO2/c1-4-6-11-19-16(13-17-10-5-2)14-8-7-9-15(12-14)18-3/h7-9,12,16-17H,4-6,10-11,13H2,1-3H3. The van der Waals surface area contributed by atoms with Crippen LogP contribution in [-0.2, 0) is 4.74 Å². The van der Waals surface area contributed by atoms with E-state index < -0.39 is 0 Å². The van der Waals surface area contributed by atoms with Crippen LogP contribution in [0.4, 0.5) is 0 Å². The van der Waals surface area contributed by atoms with Gasteiger partial charge in [-0.25, -0.2) is 0 Å². The number of hydrogen-bond donors (Lipinski definition) is 1. The quantitative estimate of drug-likeness (QED) is 0.656. The average molecular weight is 265 g/mol. The van der Waals surface area contributed by atoms with Crippen molar-refractivity contribution >= 4 is 0 Å². The summed E-state index contributed by atoms with van der Waals surface area (Å²) in [6.45, 7) is 7.04. The molecular formula is C16H27NO2. The molecule has 0 fully saturated rings. The summed E-state index contributed by atoms with van der Waals surface area (Å²) in [6, 6.07) is 8.15. The largest absolute Gasteiger partial charge is 0.497 e. The van der Waals surface area contributed by atoms with Crippen LogP contribution < -0.4 is 10.1 Å². The lowest BCUT2D eigenvalue weighted by molar-refractivity contribution is 0.0506. The highest BCUT2D eigenvalue weighted by Gasteiger charge is 2.12. The molecular weight excluding hydrogens is 238 g/mol. The number of rotatable bonds is 10. The van der Waals surface area contributed by atoms with Crippen LogP contribution in [0.5, 0.6) is 5.75 Å². The Morgan fingerprint density at radius 1 is 1.21 bits per heavy atom. The van der Waals surface area contributed by atoms with Gasteiger partial charge >= 0.3 is 0 Å². The molecule has 1 N–H and O–H groups in total. The molecule has 108 valence electrons. The van der Waals surface area contributed by atoms with Gasteiger partial charge in [0.2, 0.25) is 0 Å². The Morgan fingerprint density at radius 2 is 2.05 bits per heavy atom. The predicted octanol–water partition coefficient (Wildman–Crippen LogP) is 3.55. The molecule has 0 heterocycles. The summed E-state index contributed by atoms with van der Waals surface area (Å²) < 4.78 is 11.3. The number of ether oxygens (including phenoxy) is 2. The van der Waals surface area contributed by atoms with Crippen LogP contribution in [0.3, 0.4) is 0 Å². The van der Waals surface area contributed by atoms with E-state index in [0.29, 0.717) is 0 Å². The van der Waals surface area contributed by atoms with Crippen molar-refractivity contribution in [3.8, 4) is 5.75 Å². The molecule has 1 aromatic carbocycles. The SMILES string of the molecule is CCCCOC(CNCCC)c1cccc(OC)c1. The van der Waals surface area contributed by atoms with E-state index in [1.54, 1.807) is 7.11 Å². The molecule has 0 bridgehead atoms. The van der Waals surface area contributed by atoms with E-state index in [2.05, 4.69) is 31.3 Å². The van der Waals surface area contributed by atoms with E-state index in [-0.39, 0.29) is 6.10 Å². The second-order valence-electron chi connectivity index (χ2n) is 4.69. The minimum Gasteiger partial charge on any atom is -0.497 e. The van der Waals surface area contributed by atoms with E-state index in [1.807, 2.05) is 12.1 Å². The maximum atomic E-state index is 6.00. The summed E-state index contributed by atoms with van der Waals surface area (Å²) in [5, 5.41) is 3.43. The first-order valence-corrected chi connectivity index (χ1v) is 7.28. The average Bonchev–Trinajstić information content (AvgIpc) is 2.46. The molecule has 19 heavy (non-hydrogen) atoms. The monoisotopic (exact) mass is 265 g/mol. The van der Waals surface area contributed by atoms with Crippen LogP contribution in [0.2, 0.25) is 0 Å². The van der Waals surface area contributed by atoms with Gasteiger partial charge in [-0.05, 0) is 37.1 Å². The first-order chi connectivity index (χ1) is 9.31. The summed E-state index contributed by atoms with van der Waals surface area (Å²) in [4.78, 5) is 0. The van der Waals surface area contributed by atoms with Crippen LogP contribution in [0, 0.1) is 0 Å². The van der Waals surface area contributed by atoms with E-state index in [1.165, 1.54) is 5.56 Å². The molecule has 0 saturated heterocycles. The Labute approximate surface area is 117 Å². The second kappa shape index (κ2) is 9.82. The zero-order valence-corrected chi connectivity index (χ0v) is 12.4. The first kappa shape index (κ1) is 16.0. The van der Waals surface area contributed by atoms with Gasteiger partial charge in [0, 0.05) is 13.2 Å². The van der Waals surface area contributed by atoms with Gasteiger partial charge in [-0.3, -0.25) is 0 Å². The minimum atomic E-state index is 0.105. The van der Waals surface area contributed by atoms with Crippen LogP contribution in [0.25, 0.3) is 0 Å². The molecule has 0 aliphatic carbocycles. The summed E-state index contributed by atoms with van der Waals surface area (Å²) in [5.74, 6) is 0.886. The molecule has 0 radical (unpaired) electrons. The lowest BCUT2D eigenvalue weighted by Gasteiger charge is -2.19. The number of methoxy groups -OCH3 is 1. The maximum absolute atomic E-state index is 6.00. The highest BCUT2D eigenvalue weighted by molar-refractivity contribution is 5.30. The summed E-state index contributed by atoms with van der Waals surface area (Å²) in [5.41, 5.74) is 1.18. The van der Waals surface area contributed by atoms with Crippen molar-refractivity contribution in [3.05, 3.63) is 29.8 Å². The lowest BCUT2D eigenvalue weighted by Crippen LogP contribution is -2.24. The van der Waals surface area contributed by atoms with Gasteiger partial charge in [-0.2, -0.15) is 0 Å². The molecule has 3 heteroatoms. The van der Waals surface area contributed by atoms with Crippen molar-refractivity contribution in [2.45, 2.75) is 39.2 Å². The molecule has 0 aliphatic rings. The smallest absolute Gasteiger partial charge is 0.119 e. The number of hydrogen-bond acceptors (Lipinski definition) is 3. The number of benzene rings is 1. The van der Waals surface area contributed by atoms with Crippen LogP contribution in [-0.4, -0.2) is 26.8 Å². The van der Waals surface area contributed by atoms with E-state index in [0.717, 1.165) is 44.7 Å². The molecule has 0 spiro atoms. The van der Waals surface area contributed by atoms with Crippen molar-refractivity contribution < 1.29 is 9.47 Å². The Bertz CT molecular complexity index is 331. The van der Waals surface area contributed by atoms with Gasteiger partial charge in [0.15, 0.2) is 0 Å². The fourth-order valence-electron chi connectivity index (χ4n) is 1.89. The van der Waals surface area contributed by atoms with Gasteiger partial charge in [0.1, 0.15) is 5.75 Å². The Morgan fingerprint density at radius 3 is 2.74 bits per heavy atom. The summed E-state index contributed by atoms with van der Waals surface area (Å²) in [7, 11) is 1.70. The fourth-order valence-corrected chi connectivity index (χ4v) is 1.89. The highest BCUT2D eigenvalue weighted by Crippen LogP contribution is 2.22. The van der Waals surface area contributed by atoms with E-state index >= 15 is 0 Å².